The number of likely N-dealkylation sites (tertiary alicyclic amines) is 1. The van der Waals surface area contributed by atoms with Gasteiger partial charge in [0.1, 0.15) is 6.04 Å². The smallest absolute Gasteiger partial charge is 0.326 e. The van der Waals surface area contributed by atoms with Crippen LogP contribution in [0.3, 0.4) is 0 Å². The van der Waals surface area contributed by atoms with Crippen molar-refractivity contribution in [2.24, 2.45) is 5.92 Å². The Labute approximate surface area is 124 Å². The molecule has 0 aromatic rings. The molecule has 0 radical (unpaired) electrons. The Morgan fingerprint density at radius 3 is 2.52 bits per heavy atom. The minimum absolute atomic E-state index is 0.111. The number of ether oxygens (including phenoxy) is 1. The molecule has 1 aliphatic carbocycles. The van der Waals surface area contributed by atoms with E-state index in [4.69, 9.17) is 4.74 Å². The van der Waals surface area contributed by atoms with Gasteiger partial charge in [0.05, 0.1) is 0 Å². The van der Waals surface area contributed by atoms with E-state index in [-0.39, 0.29) is 18.1 Å². The lowest BCUT2D eigenvalue weighted by Crippen LogP contribution is -2.53. The molecule has 0 aromatic heterocycles. The molecular weight excluding hydrogens is 272 g/mol. The van der Waals surface area contributed by atoms with Gasteiger partial charge >= 0.3 is 12.0 Å². The van der Waals surface area contributed by atoms with Crippen LogP contribution in [0.2, 0.25) is 0 Å². The number of nitrogens with one attached hydrogen (secondary N) is 1. The summed E-state index contributed by atoms with van der Waals surface area (Å²) in [4.78, 5) is 25.7. The molecule has 2 aliphatic heterocycles. The van der Waals surface area contributed by atoms with Crippen molar-refractivity contribution < 1.29 is 19.4 Å². The summed E-state index contributed by atoms with van der Waals surface area (Å²) >= 11 is 0. The molecule has 2 N–H and O–H groups in total. The molecule has 3 atom stereocenters. The molecule has 3 aliphatic rings. The number of hydrogen-bond donors (Lipinski definition) is 2. The molecule has 3 rings (SSSR count). The van der Waals surface area contributed by atoms with Crippen LogP contribution in [-0.4, -0.2) is 53.3 Å². The topological polar surface area (TPSA) is 78.9 Å². The Morgan fingerprint density at radius 2 is 1.81 bits per heavy atom. The maximum Gasteiger partial charge on any atom is 0.326 e. The number of nitrogens with zero attached hydrogens (tertiary/aromatic N) is 1. The zero-order valence-electron chi connectivity index (χ0n) is 12.3. The molecule has 2 saturated heterocycles. The van der Waals surface area contributed by atoms with Gasteiger partial charge in [0.25, 0.3) is 0 Å². The van der Waals surface area contributed by atoms with Gasteiger partial charge in [-0.25, -0.2) is 9.59 Å². The first kappa shape index (κ1) is 14.6. The first-order valence-corrected chi connectivity index (χ1v) is 8.06. The minimum Gasteiger partial charge on any atom is -0.480 e. The van der Waals surface area contributed by atoms with Gasteiger partial charge in [-0.3, -0.25) is 0 Å². The summed E-state index contributed by atoms with van der Waals surface area (Å²) in [5, 5.41) is 12.5. The third-order valence-electron chi connectivity index (χ3n) is 5.16. The Balaban J connectivity index is 1.69. The predicted molar refractivity (Wildman–Crippen MR) is 76.0 cm³/mol. The highest BCUT2D eigenvalue weighted by Gasteiger charge is 2.47. The maximum absolute atomic E-state index is 12.6. The van der Waals surface area contributed by atoms with E-state index >= 15 is 0 Å². The summed E-state index contributed by atoms with van der Waals surface area (Å²) in [7, 11) is 0. The van der Waals surface area contributed by atoms with Crippen molar-refractivity contribution in [3.8, 4) is 0 Å². The number of rotatable bonds is 2. The monoisotopic (exact) mass is 296 g/mol. The second-order valence-corrected chi connectivity index (χ2v) is 6.45. The van der Waals surface area contributed by atoms with Gasteiger partial charge < -0.3 is 20.1 Å². The van der Waals surface area contributed by atoms with Crippen molar-refractivity contribution in [3.63, 3.8) is 0 Å². The number of carbonyl (C=O) groups is 2. The van der Waals surface area contributed by atoms with Crippen LogP contribution in [0.15, 0.2) is 0 Å². The van der Waals surface area contributed by atoms with Crippen LogP contribution in [0.1, 0.15) is 44.9 Å². The highest BCUT2D eigenvalue weighted by atomic mass is 16.5. The number of aliphatic carboxylic acids is 1. The molecule has 2 heterocycles. The van der Waals surface area contributed by atoms with Crippen molar-refractivity contribution in [3.05, 3.63) is 0 Å². The molecule has 3 unspecified atom stereocenters. The van der Waals surface area contributed by atoms with Gasteiger partial charge in [0.2, 0.25) is 0 Å². The van der Waals surface area contributed by atoms with Crippen LogP contribution in [0, 0.1) is 5.92 Å². The van der Waals surface area contributed by atoms with Crippen molar-refractivity contribution in [1.82, 2.24) is 10.2 Å². The van der Waals surface area contributed by atoms with Crippen molar-refractivity contribution in [2.45, 2.75) is 63.1 Å². The Kier molecular flexibility index (Phi) is 4.33. The SMILES string of the molecule is O=C(O)C1CC2CCCCC2N1C(=O)NC1CCOCC1. The van der Waals surface area contributed by atoms with Gasteiger partial charge in [0, 0.05) is 25.3 Å². The fourth-order valence-corrected chi connectivity index (χ4v) is 4.06. The zero-order chi connectivity index (χ0) is 14.8. The first-order chi connectivity index (χ1) is 10.2. The van der Waals surface area contributed by atoms with Crippen LogP contribution in [0.5, 0.6) is 0 Å². The first-order valence-electron chi connectivity index (χ1n) is 8.06. The van der Waals surface area contributed by atoms with Gasteiger partial charge in [0.15, 0.2) is 0 Å². The number of carbonyl (C=O) groups excluding carboxylic acids is 1. The lowest BCUT2D eigenvalue weighted by atomic mass is 9.85. The van der Waals surface area contributed by atoms with Crippen molar-refractivity contribution in [2.75, 3.05) is 13.2 Å². The van der Waals surface area contributed by atoms with Crippen LogP contribution < -0.4 is 5.32 Å². The summed E-state index contributed by atoms with van der Waals surface area (Å²) in [6.07, 6.45) is 6.47. The van der Waals surface area contributed by atoms with Gasteiger partial charge in [-0.05, 0) is 38.0 Å². The summed E-state index contributed by atoms with van der Waals surface area (Å²) in [6, 6.07) is -0.621. The molecule has 0 spiro atoms. The van der Waals surface area contributed by atoms with E-state index in [0.717, 1.165) is 38.5 Å². The van der Waals surface area contributed by atoms with E-state index in [1.165, 1.54) is 0 Å². The second kappa shape index (κ2) is 6.22. The third kappa shape index (κ3) is 3.00. The average Bonchev–Trinajstić information content (AvgIpc) is 2.88. The zero-order valence-corrected chi connectivity index (χ0v) is 12.3. The predicted octanol–water partition coefficient (Wildman–Crippen LogP) is 1.59. The Morgan fingerprint density at radius 1 is 1.10 bits per heavy atom. The number of carboxylic acids is 1. The number of hydrogen-bond acceptors (Lipinski definition) is 3. The standard InChI is InChI=1S/C15H24N2O4/c18-14(19)13-9-10-3-1-2-4-12(10)17(13)15(20)16-11-5-7-21-8-6-11/h10-13H,1-9H2,(H,16,20)(H,18,19). The summed E-state index contributed by atoms with van der Waals surface area (Å²) in [6.45, 7) is 1.33. The largest absolute Gasteiger partial charge is 0.480 e. The van der Waals surface area contributed by atoms with Gasteiger partial charge in [-0.1, -0.05) is 12.8 Å². The summed E-state index contributed by atoms with van der Waals surface area (Å²) in [5.41, 5.74) is 0. The molecule has 6 nitrogen and oxygen atoms in total. The summed E-state index contributed by atoms with van der Waals surface area (Å²) < 4.78 is 5.29. The maximum atomic E-state index is 12.6. The van der Waals surface area contributed by atoms with Crippen LogP contribution in [0.25, 0.3) is 0 Å². The van der Waals surface area contributed by atoms with Gasteiger partial charge in [-0.15, -0.1) is 0 Å². The molecular formula is C15H24N2O4. The van der Waals surface area contributed by atoms with E-state index in [9.17, 15) is 14.7 Å². The average molecular weight is 296 g/mol. The van der Waals surface area contributed by atoms with E-state index < -0.39 is 12.0 Å². The summed E-state index contributed by atoms with van der Waals surface area (Å²) in [5.74, 6) is -0.508. The van der Waals surface area contributed by atoms with E-state index in [2.05, 4.69) is 5.32 Å². The number of amides is 2. The molecule has 118 valence electrons. The van der Waals surface area contributed by atoms with Crippen LogP contribution in [0.4, 0.5) is 4.79 Å². The van der Waals surface area contributed by atoms with Crippen LogP contribution >= 0.6 is 0 Å². The fraction of sp³-hybridized carbons (Fsp3) is 0.867. The molecule has 2 amide bonds. The molecule has 0 aromatic carbocycles. The number of carboxylic acid groups (broad SMARTS) is 1. The fourth-order valence-electron chi connectivity index (χ4n) is 4.06. The number of urea groups is 1. The Hall–Kier alpha value is -1.30. The molecule has 0 bridgehead atoms. The molecule has 21 heavy (non-hydrogen) atoms. The third-order valence-corrected chi connectivity index (χ3v) is 5.16. The lowest BCUT2D eigenvalue weighted by molar-refractivity contribution is -0.141. The quantitative estimate of drug-likeness (QED) is 0.811. The number of fused-ring (bicyclic) bond motifs is 1. The Bertz CT molecular complexity index is 408. The lowest BCUT2D eigenvalue weighted by Gasteiger charge is -2.34. The molecule has 1 saturated carbocycles. The molecule has 3 fully saturated rings. The van der Waals surface area contributed by atoms with Gasteiger partial charge in [-0.2, -0.15) is 0 Å². The van der Waals surface area contributed by atoms with Crippen molar-refractivity contribution >= 4 is 12.0 Å². The van der Waals surface area contributed by atoms with E-state index in [0.29, 0.717) is 25.6 Å². The highest BCUT2D eigenvalue weighted by molar-refractivity contribution is 5.84. The van der Waals surface area contributed by atoms with E-state index in [1.54, 1.807) is 4.90 Å². The highest BCUT2D eigenvalue weighted by Crippen LogP contribution is 2.39. The second-order valence-electron chi connectivity index (χ2n) is 6.45. The van der Waals surface area contributed by atoms with Crippen molar-refractivity contribution in [1.29, 1.82) is 0 Å². The normalized spacial score (nSPS) is 33.5. The molecule has 6 heteroatoms. The van der Waals surface area contributed by atoms with Crippen LogP contribution in [-0.2, 0) is 9.53 Å². The minimum atomic E-state index is -0.869. The van der Waals surface area contributed by atoms with E-state index in [1.807, 2.05) is 0 Å².